The number of carbonyl (C=O) groups is 3. The summed E-state index contributed by atoms with van der Waals surface area (Å²) in [7, 11) is 0. The van der Waals surface area contributed by atoms with Crippen LogP contribution in [0.15, 0.2) is 35.2 Å². The molecule has 1 aromatic heterocycles. The number of hydrogen-bond donors (Lipinski definition) is 0. The van der Waals surface area contributed by atoms with E-state index in [-0.39, 0.29) is 17.6 Å². The van der Waals surface area contributed by atoms with Crippen molar-refractivity contribution in [1.82, 2.24) is 9.47 Å². The fourth-order valence-corrected chi connectivity index (χ4v) is 4.23. The predicted octanol–water partition coefficient (Wildman–Crippen LogP) is 4.48. The minimum absolute atomic E-state index is 0.286. The van der Waals surface area contributed by atoms with Crippen LogP contribution in [0.2, 0.25) is 0 Å². The zero-order valence-electron chi connectivity index (χ0n) is 18.3. The molecule has 31 heavy (non-hydrogen) atoms. The van der Waals surface area contributed by atoms with Gasteiger partial charge in [0.25, 0.3) is 11.1 Å². The average Bonchev–Trinajstić information content (AvgIpc) is 3.12. The van der Waals surface area contributed by atoms with Crippen LogP contribution in [0.1, 0.15) is 37.7 Å². The van der Waals surface area contributed by atoms with Crippen molar-refractivity contribution in [2.45, 2.75) is 40.7 Å². The van der Waals surface area contributed by atoms with E-state index in [2.05, 4.69) is 4.57 Å². The van der Waals surface area contributed by atoms with Crippen molar-refractivity contribution in [3.8, 4) is 11.4 Å². The van der Waals surface area contributed by atoms with E-state index in [1.54, 1.807) is 19.9 Å². The molecule has 1 aromatic carbocycles. The van der Waals surface area contributed by atoms with Crippen molar-refractivity contribution < 1.29 is 23.9 Å². The van der Waals surface area contributed by atoms with Gasteiger partial charge in [-0.25, -0.2) is 0 Å². The molecular weight excluding hydrogens is 416 g/mol. The van der Waals surface area contributed by atoms with Crippen LogP contribution in [0.5, 0.6) is 5.75 Å². The molecule has 2 heterocycles. The number of imide groups is 1. The highest BCUT2D eigenvalue weighted by atomic mass is 32.2. The third-order valence-electron chi connectivity index (χ3n) is 4.69. The van der Waals surface area contributed by atoms with Crippen LogP contribution in [-0.4, -0.2) is 45.8 Å². The zero-order chi connectivity index (χ0) is 22.7. The summed E-state index contributed by atoms with van der Waals surface area (Å²) < 4.78 is 12.6. The Balaban J connectivity index is 1.84. The summed E-state index contributed by atoms with van der Waals surface area (Å²) in [5.41, 5.74) is 3.74. The first kappa shape index (κ1) is 22.7. The number of hydrogen-bond acceptors (Lipinski definition) is 6. The Morgan fingerprint density at radius 2 is 1.84 bits per heavy atom. The van der Waals surface area contributed by atoms with Crippen LogP contribution in [0.3, 0.4) is 0 Å². The summed E-state index contributed by atoms with van der Waals surface area (Å²) >= 11 is 0.830. The average molecular weight is 443 g/mol. The second-order valence-corrected chi connectivity index (χ2v) is 8.39. The zero-order valence-corrected chi connectivity index (χ0v) is 19.1. The highest BCUT2D eigenvalue weighted by molar-refractivity contribution is 8.18. The van der Waals surface area contributed by atoms with E-state index in [4.69, 9.17) is 9.47 Å². The van der Waals surface area contributed by atoms with Crippen LogP contribution in [0.4, 0.5) is 4.79 Å². The number of nitrogens with zero attached hydrogens (tertiary/aromatic N) is 2. The van der Waals surface area contributed by atoms with E-state index in [0.717, 1.165) is 45.1 Å². The topological polar surface area (TPSA) is 77.8 Å². The van der Waals surface area contributed by atoms with Gasteiger partial charge in [-0.3, -0.25) is 19.3 Å². The number of rotatable bonds is 7. The van der Waals surface area contributed by atoms with Crippen molar-refractivity contribution in [2.75, 3.05) is 13.2 Å². The van der Waals surface area contributed by atoms with E-state index in [9.17, 15) is 14.4 Å². The molecule has 0 saturated carbocycles. The lowest BCUT2D eigenvalue weighted by Crippen LogP contribution is -2.35. The van der Waals surface area contributed by atoms with E-state index >= 15 is 0 Å². The molecule has 164 valence electrons. The molecule has 7 nitrogen and oxygen atoms in total. The first-order valence-corrected chi connectivity index (χ1v) is 10.9. The minimum atomic E-state index is -0.604. The quantitative estimate of drug-likeness (QED) is 0.465. The SMILES string of the molecule is CCOc1ccc(-n2c(C)cc(/C=C3/SC(=O)N(CC(=O)OC(C)C)C3=O)c2C)cc1. The molecule has 1 aliphatic heterocycles. The van der Waals surface area contributed by atoms with Gasteiger partial charge in [-0.05, 0) is 88.4 Å². The van der Waals surface area contributed by atoms with Gasteiger partial charge in [0.2, 0.25) is 0 Å². The Bertz CT molecular complexity index is 1040. The fourth-order valence-electron chi connectivity index (χ4n) is 3.40. The van der Waals surface area contributed by atoms with Gasteiger partial charge >= 0.3 is 5.97 Å². The van der Waals surface area contributed by atoms with Crippen molar-refractivity contribution >= 4 is 35.0 Å². The number of aryl methyl sites for hydroxylation is 1. The number of benzene rings is 1. The molecule has 0 radical (unpaired) electrons. The van der Waals surface area contributed by atoms with Crippen molar-refractivity contribution in [3.05, 3.63) is 52.2 Å². The largest absolute Gasteiger partial charge is 0.494 e. The van der Waals surface area contributed by atoms with Gasteiger partial charge in [-0.2, -0.15) is 0 Å². The standard InChI is InChI=1S/C23H26N2O5S/c1-6-29-19-9-7-18(8-10-19)25-15(4)11-17(16(25)5)12-20-22(27)24(23(28)31-20)13-21(26)30-14(2)3/h7-12,14H,6,13H2,1-5H3/b20-12+. The molecule has 2 amide bonds. The number of ether oxygens (including phenoxy) is 2. The van der Waals surface area contributed by atoms with Gasteiger partial charge in [0.15, 0.2) is 0 Å². The van der Waals surface area contributed by atoms with Gasteiger partial charge < -0.3 is 14.0 Å². The normalized spacial score (nSPS) is 15.3. The van der Waals surface area contributed by atoms with Crippen molar-refractivity contribution in [1.29, 1.82) is 0 Å². The molecule has 1 saturated heterocycles. The molecule has 2 aromatic rings. The number of aromatic nitrogens is 1. The maximum Gasteiger partial charge on any atom is 0.326 e. The van der Waals surface area contributed by atoms with Crippen LogP contribution >= 0.6 is 11.8 Å². The monoisotopic (exact) mass is 442 g/mol. The van der Waals surface area contributed by atoms with E-state index < -0.39 is 17.1 Å². The summed E-state index contributed by atoms with van der Waals surface area (Å²) in [6, 6.07) is 9.75. The summed E-state index contributed by atoms with van der Waals surface area (Å²) in [6.07, 6.45) is 1.39. The smallest absolute Gasteiger partial charge is 0.326 e. The van der Waals surface area contributed by atoms with Crippen molar-refractivity contribution in [3.63, 3.8) is 0 Å². The highest BCUT2D eigenvalue weighted by Crippen LogP contribution is 2.34. The van der Waals surface area contributed by atoms with Gasteiger partial charge in [0.05, 0.1) is 17.6 Å². The maximum absolute atomic E-state index is 12.7. The van der Waals surface area contributed by atoms with E-state index in [1.165, 1.54) is 0 Å². The molecule has 1 fully saturated rings. The van der Waals surface area contributed by atoms with Gasteiger partial charge in [-0.15, -0.1) is 0 Å². The van der Waals surface area contributed by atoms with Crippen LogP contribution in [0.25, 0.3) is 11.8 Å². The molecule has 0 spiro atoms. The molecule has 8 heteroatoms. The van der Waals surface area contributed by atoms with Gasteiger partial charge in [-0.1, -0.05) is 0 Å². The Morgan fingerprint density at radius 1 is 1.16 bits per heavy atom. The lowest BCUT2D eigenvalue weighted by atomic mass is 10.2. The van der Waals surface area contributed by atoms with Gasteiger partial charge in [0, 0.05) is 17.1 Å². The maximum atomic E-state index is 12.7. The Kier molecular flexibility index (Phi) is 6.90. The van der Waals surface area contributed by atoms with Crippen LogP contribution < -0.4 is 4.74 Å². The highest BCUT2D eigenvalue weighted by Gasteiger charge is 2.37. The molecule has 0 atom stereocenters. The molecule has 0 N–H and O–H groups in total. The molecule has 1 aliphatic rings. The van der Waals surface area contributed by atoms with Crippen LogP contribution in [-0.2, 0) is 14.3 Å². The molecule has 3 rings (SSSR count). The summed E-state index contributed by atoms with van der Waals surface area (Å²) in [5.74, 6) is -0.285. The number of amides is 2. The minimum Gasteiger partial charge on any atom is -0.494 e. The number of thioether (sulfide) groups is 1. The fraction of sp³-hybridized carbons (Fsp3) is 0.348. The second-order valence-electron chi connectivity index (χ2n) is 7.40. The van der Waals surface area contributed by atoms with E-state index in [1.807, 2.05) is 51.1 Å². The first-order chi connectivity index (χ1) is 14.7. The Labute approximate surface area is 186 Å². The number of carbonyl (C=O) groups excluding carboxylic acids is 3. The lowest BCUT2D eigenvalue weighted by Gasteiger charge is -2.13. The van der Waals surface area contributed by atoms with Crippen LogP contribution in [0, 0.1) is 13.8 Å². The summed E-state index contributed by atoms with van der Waals surface area (Å²) in [4.78, 5) is 38.1. The Morgan fingerprint density at radius 3 is 2.45 bits per heavy atom. The predicted molar refractivity (Wildman–Crippen MR) is 120 cm³/mol. The molecule has 0 bridgehead atoms. The molecule has 0 unspecified atom stereocenters. The Hall–Kier alpha value is -3.00. The van der Waals surface area contributed by atoms with Gasteiger partial charge in [0.1, 0.15) is 12.3 Å². The summed E-state index contributed by atoms with van der Waals surface area (Å²) in [5, 5.41) is -0.475. The van der Waals surface area contributed by atoms with E-state index in [0.29, 0.717) is 6.61 Å². The first-order valence-electron chi connectivity index (χ1n) is 10.1. The molecule has 0 aliphatic carbocycles. The lowest BCUT2D eigenvalue weighted by molar-refractivity contribution is -0.149. The number of esters is 1. The second kappa shape index (κ2) is 9.43. The molecular formula is C23H26N2O5S. The van der Waals surface area contributed by atoms with Crippen molar-refractivity contribution in [2.24, 2.45) is 0 Å². The third-order valence-corrected chi connectivity index (χ3v) is 5.60. The summed E-state index contributed by atoms with van der Waals surface area (Å²) in [6.45, 7) is 9.53. The third kappa shape index (κ3) is 5.02.